The zero-order valence-corrected chi connectivity index (χ0v) is 17.8. The number of nitrogens with zero attached hydrogens (tertiary/aromatic N) is 1. The Balaban J connectivity index is 1.56. The van der Waals surface area contributed by atoms with Crippen LogP contribution in [0.15, 0.2) is 77.7 Å². The lowest BCUT2D eigenvalue weighted by Crippen LogP contribution is -2.46. The molecule has 0 saturated heterocycles. The highest BCUT2D eigenvalue weighted by molar-refractivity contribution is 7.89. The molecule has 0 spiro atoms. The van der Waals surface area contributed by atoms with Gasteiger partial charge in [0, 0.05) is 6.54 Å². The van der Waals surface area contributed by atoms with E-state index in [0.29, 0.717) is 17.7 Å². The highest BCUT2D eigenvalue weighted by Gasteiger charge is 2.40. The monoisotopic (exact) mass is 456 g/mol. The summed E-state index contributed by atoms with van der Waals surface area (Å²) in [5, 5.41) is 9.21. The molecule has 9 heteroatoms. The number of hydrogen-bond donors (Lipinski definition) is 2. The van der Waals surface area contributed by atoms with Gasteiger partial charge in [-0.15, -0.1) is 0 Å². The minimum Gasteiger partial charge on any atom is -0.489 e. The standard InChI is InChI=1S/C23H21FN2O5S/c24-18-7-5-16(6-8-18)15-31-19-9-11-20(12-10-19)32(29,30)26-14-13-17-3-1-2-4-21(17)22(26)23(27)25-28/h1-12,22,28H,13-15H2,(H,25,27)/t22-/m1/s1. The predicted octanol–water partition coefficient (Wildman–Crippen LogP) is 3.20. The van der Waals surface area contributed by atoms with Gasteiger partial charge in [0.2, 0.25) is 10.0 Å². The number of carbonyl (C=O) groups excluding carboxylic acids is 1. The molecular weight excluding hydrogens is 435 g/mol. The molecule has 7 nitrogen and oxygen atoms in total. The number of sulfonamides is 1. The van der Waals surface area contributed by atoms with Crippen molar-refractivity contribution < 1.29 is 27.5 Å². The fourth-order valence-corrected chi connectivity index (χ4v) is 5.30. The number of rotatable bonds is 6. The Morgan fingerprint density at radius 1 is 1.06 bits per heavy atom. The minimum absolute atomic E-state index is 0.00162. The molecule has 0 saturated carbocycles. The molecule has 1 heterocycles. The van der Waals surface area contributed by atoms with Crippen LogP contribution in [-0.4, -0.2) is 30.4 Å². The summed E-state index contributed by atoms with van der Waals surface area (Å²) in [7, 11) is -4.03. The van der Waals surface area contributed by atoms with Gasteiger partial charge in [-0.1, -0.05) is 36.4 Å². The molecule has 0 radical (unpaired) electrons. The quantitative estimate of drug-likeness (QED) is 0.439. The molecule has 1 aliphatic heterocycles. The summed E-state index contributed by atoms with van der Waals surface area (Å²) < 4.78 is 46.4. The van der Waals surface area contributed by atoms with Gasteiger partial charge in [0.25, 0.3) is 5.91 Å². The molecule has 1 aliphatic rings. The van der Waals surface area contributed by atoms with Gasteiger partial charge in [-0.05, 0) is 59.5 Å². The third-order valence-electron chi connectivity index (χ3n) is 5.35. The van der Waals surface area contributed by atoms with Crippen molar-refractivity contribution in [3.8, 4) is 5.75 Å². The number of nitrogens with one attached hydrogen (secondary N) is 1. The molecule has 4 rings (SSSR count). The number of hydrogen-bond acceptors (Lipinski definition) is 5. The number of benzene rings is 3. The zero-order chi connectivity index (χ0) is 22.7. The second-order valence-corrected chi connectivity index (χ2v) is 9.22. The van der Waals surface area contributed by atoms with E-state index in [0.717, 1.165) is 15.4 Å². The van der Waals surface area contributed by atoms with Gasteiger partial charge in [-0.3, -0.25) is 10.0 Å². The first-order valence-electron chi connectivity index (χ1n) is 9.91. The molecule has 0 fully saturated rings. The smallest absolute Gasteiger partial charge is 0.266 e. The number of hydroxylamine groups is 1. The van der Waals surface area contributed by atoms with E-state index in [9.17, 15) is 22.8 Å². The van der Waals surface area contributed by atoms with Crippen LogP contribution in [0, 0.1) is 5.82 Å². The van der Waals surface area contributed by atoms with Crippen molar-refractivity contribution in [1.29, 1.82) is 0 Å². The van der Waals surface area contributed by atoms with Crippen LogP contribution >= 0.6 is 0 Å². The summed E-state index contributed by atoms with van der Waals surface area (Å²) in [4.78, 5) is 12.4. The average Bonchev–Trinajstić information content (AvgIpc) is 2.82. The van der Waals surface area contributed by atoms with Gasteiger partial charge in [0.1, 0.15) is 24.2 Å². The normalized spacial score (nSPS) is 16.2. The Labute approximate surface area is 185 Å². The lowest BCUT2D eigenvalue weighted by atomic mass is 9.94. The van der Waals surface area contributed by atoms with E-state index in [1.165, 1.54) is 36.4 Å². The van der Waals surface area contributed by atoms with Crippen molar-refractivity contribution in [3.05, 3.63) is 95.3 Å². The first kappa shape index (κ1) is 21.9. The third kappa shape index (κ3) is 4.36. The average molecular weight is 456 g/mol. The summed E-state index contributed by atoms with van der Waals surface area (Å²) in [6.07, 6.45) is 0.448. The van der Waals surface area contributed by atoms with E-state index < -0.39 is 22.0 Å². The largest absolute Gasteiger partial charge is 0.489 e. The van der Waals surface area contributed by atoms with Crippen molar-refractivity contribution in [1.82, 2.24) is 9.79 Å². The lowest BCUT2D eigenvalue weighted by molar-refractivity contribution is -0.133. The van der Waals surface area contributed by atoms with Crippen LogP contribution in [0.1, 0.15) is 22.7 Å². The predicted molar refractivity (Wildman–Crippen MR) is 114 cm³/mol. The van der Waals surface area contributed by atoms with Crippen molar-refractivity contribution in [2.75, 3.05) is 6.54 Å². The van der Waals surface area contributed by atoms with Gasteiger partial charge in [-0.2, -0.15) is 4.31 Å². The lowest BCUT2D eigenvalue weighted by Gasteiger charge is -2.34. The van der Waals surface area contributed by atoms with E-state index in [4.69, 9.17) is 4.74 Å². The maximum Gasteiger partial charge on any atom is 0.266 e. The zero-order valence-electron chi connectivity index (χ0n) is 16.9. The summed E-state index contributed by atoms with van der Waals surface area (Å²) in [6, 6.07) is 17.6. The van der Waals surface area contributed by atoms with Crippen molar-refractivity contribution in [2.24, 2.45) is 0 Å². The van der Waals surface area contributed by atoms with Crippen molar-refractivity contribution in [2.45, 2.75) is 24.0 Å². The second-order valence-electron chi connectivity index (χ2n) is 7.33. The Kier molecular flexibility index (Phi) is 6.22. The molecule has 1 amide bonds. The van der Waals surface area contributed by atoms with E-state index >= 15 is 0 Å². The van der Waals surface area contributed by atoms with E-state index in [1.54, 1.807) is 29.7 Å². The van der Waals surface area contributed by atoms with Crippen molar-refractivity contribution in [3.63, 3.8) is 0 Å². The topological polar surface area (TPSA) is 95.9 Å². The van der Waals surface area contributed by atoms with Gasteiger partial charge >= 0.3 is 0 Å². The van der Waals surface area contributed by atoms with Crippen LogP contribution in [0.3, 0.4) is 0 Å². The number of amides is 1. The molecule has 0 aliphatic carbocycles. The summed E-state index contributed by atoms with van der Waals surface area (Å²) in [6.45, 7) is 0.300. The number of carbonyl (C=O) groups is 1. The first-order valence-corrected chi connectivity index (χ1v) is 11.3. The maximum atomic E-state index is 13.3. The van der Waals surface area contributed by atoms with Crippen molar-refractivity contribution >= 4 is 15.9 Å². The molecule has 166 valence electrons. The molecule has 0 bridgehead atoms. The summed E-state index contributed by atoms with van der Waals surface area (Å²) >= 11 is 0. The Morgan fingerprint density at radius 3 is 2.44 bits per heavy atom. The van der Waals surface area contributed by atoms with Crippen LogP contribution < -0.4 is 10.2 Å². The van der Waals surface area contributed by atoms with E-state index in [-0.39, 0.29) is 23.9 Å². The molecule has 3 aromatic carbocycles. The number of halogens is 1. The molecule has 0 aromatic heterocycles. The Hall–Kier alpha value is -3.27. The fraction of sp³-hybridized carbons (Fsp3) is 0.174. The van der Waals surface area contributed by atoms with Gasteiger partial charge < -0.3 is 4.74 Å². The Bertz CT molecular complexity index is 1210. The third-order valence-corrected chi connectivity index (χ3v) is 7.23. The van der Waals surface area contributed by atoms with Crippen LogP contribution in [0.2, 0.25) is 0 Å². The van der Waals surface area contributed by atoms with E-state index in [1.807, 2.05) is 12.1 Å². The molecule has 2 N–H and O–H groups in total. The van der Waals surface area contributed by atoms with Gasteiger partial charge in [0.15, 0.2) is 0 Å². The summed E-state index contributed by atoms with van der Waals surface area (Å²) in [5.41, 5.74) is 3.75. The number of ether oxygens (including phenoxy) is 1. The molecule has 32 heavy (non-hydrogen) atoms. The van der Waals surface area contributed by atoms with Crippen LogP contribution in [0.25, 0.3) is 0 Å². The van der Waals surface area contributed by atoms with E-state index in [2.05, 4.69) is 0 Å². The Morgan fingerprint density at radius 2 is 1.75 bits per heavy atom. The SMILES string of the molecule is O=C(NO)[C@H]1c2ccccc2CCN1S(=O)(=O)c1ccc(OCc2ccc(F)cc2)cc1. The molecule has 0 unspecified atom stereocenters. The summed E-state index contributed by atoms with van der Waals surface area (Å²) in [5.74, 6) is -0.710. The first-order chi connectivity index (χ1) is 15.4. The maximum absolute atomic E-state index is 13.3. The van der Waals surface area contributed by atoms with Gasteiger partial charge in [-0.25, -0.2) is 18.3 Å². The highest BCUT2D eigenvalue weighted by Crippen LogP contribution is 2.34. The highest BCUT2D eigenvalue weighted by atomic mass is 32.2. The fourth-order valence-electron chi connectivity index (χ4n) is 3.73. The molecule has 3 aromatic rings. The molecule has 1 atom stereocenters. The van der Waals surface area contributed by atoms with Crippen LogP contribution in [0.4, 0.5) is 4.39 Å². The van der Waals surface area contributed by atoms with Gasteiger partial charge in [0.05, 0.1) is 4.90 Å². The minimum atomic E-state index is -4.03. The van der Waals surface area contributed by atoms with Crippen LogP contribution in [-0.2, 0) is 27.8 Å². The van der Waals surface area contributed by atoms with Crippen LogP contribution in [0.5, 0.6) is 5.75 Å². The number of fused-ring (bicyclic) bond motifs is 1. The molecular formula is C23H21FN2O5S. The second kappa shape index (κ2) is 9.07.